The molecule has 1 rings (SSSR count). The van der Waals surface area contributed by atoms with Crippen LogP contribution in [-0.4, -0.2) is 13.1 Å². The van der Waals surface area contributed by atoms with Gasteiger partial charge in [-0.2, -0.15) is 0 Å². The molecule has 0 bridgehead atoms. The van der Waals surface area contributed by atoms with Gasteiger partial charge in [0.2, 0.25) is 0 Å². The molecule has 0 saturated carbocycles. The number of hydrogen-bond donors (Lipinski definition) is 0. The molecule has 0 aliphatic rings. The van der Waals surface area contributed by atoms with Gasteiger partial charge >= 0.3 is 5.97 Å². The quantitative estimate of drug-likeness (QED) is 0.766. The average Bonchev–Trinajstić information content (AvgIpc) is 2.35. The summed E-state index contributed by atoms with van der Waals surface area (Å²) in [5, 5.41) is 0. The van der Waals surface area contributed by atoms with E-state index in [0.29, 0.717) is 0 Å². The van der Waals surface area contributed by atoms with E-state index in [4.69, 9.17) is 4.74 Å². The highest BCUT2D eigenvalue weighted by Crippen LogP contribution is 2.26. The van der Waals surface area contributed by atoms with Crippen molar-refractivity contribution >= 4 is 5.97 Å². The molecule has 0 aliphatic carbocycles. The minimum absolute atomic E-state index is 0.0427. The third-order valence-corrected chi connectivity index (χ3v) is 3.71. The summed E-state index contributed by atoms with van der Waals surface area (Å²) in [6.45, 7) is 10.8. The fourth-order valence-electron chi connectivity index (χ4n) is 2.18. The summed E-state index contributed by atoms with van der Waals surface area (Å²) in [7, 11) is 1.46. The summed E-state index contributed by atoms with van der Waals surface area (Å²) in [5.74, 6) is -0.151. The fourth-order valence-corrected chi connectivity index (χ4v) is 2.18. The van der Waals surface area contributed by atoms with Gasteiger partial charge in [0, 0.05) is 0 Å². The Hall–Kier alpha value is -1.31. The first-order chi connectivity index (χ1) is 8.79. The average molecular weight is 262 g/mol. The van der Waals surface area contributed by atoms with Crippen LogP contribution >= 0.6 is 0 Å². The van der Waals surface area contributed by atoms with Gasteiger partial charge in [0.15, 0.2) is 0 Å². The number of aryl methyl sites for hydroxylation is 1. The Kier molecular flexibility index (Phi) is 5.16. The molecule has 1 atom stereocenters. The highest BCUT2D eigenvalue weighted by atomic mass is 16.5. The zero-order valence-electron chi connectivity index (χ0n) is 13.0. The van der Waals surface area contributed by atoms with E-state index in [1.54, 1.807) is 0 Å². The molecule has 106 valence electrons. The van der Waals surface area contributed by atoms with Crippen LogP contribution in [0.15, 0.2) is 18.2 Å². The molecule has 0 aromatic heterocycles. The lowest BCUT2D eigenvalue weighted by atomic mass is 9.83. The molecule has 0 amide bonds. The van der Waals surface area contributed by atoms with Gasteiger partial charge in [-0.25, -0.2) is 0 Å². The van der Waals surface area contributed by atoms with Crippen LogP contribution in [0, 0.1) is 12.8 Å². The number of carbonyl (C=O) groups excluding carboxylic acids is 1. The number of rotatable bonds is 4. The standard InChI is InChI=1S/C17H26O2/c1-7-13(16(18)19-6)10-14-11-15(17(3,4)5)9-8-12(14)2/h8-9,11,13H,7,10H2,1-6H3. The van der Waals surface area contributed by atoms with Crippen molar-refractivity contribution in [3.05, 3.63) is 34.9 Å². The molecule has 19 heavy (non-hydrogen) atoms. The molecular formula is C17H26O2. The molecule has 0 saturated heterocycles. The van der Waals surface area contributed by atoms with E-state index in [9.17, 15) is 4.79 Å². The Labute approximate surface area is 117 Å². The maximum Gasteiger partial charge on any atom is 0.308 e. The van der Waals surface area contributed by atoms with Gasteiger partial charge in [0.05, 0.1) is 13.0 Å². The number of ether oxygens (including phenoxy) is 1. The van der Waals surface area contributed by atoms with Crippen molar-refractivity contribution in [1.29, 1.82) is 0 Å². The molecule has 0 radical (unpaired) electrons. The second-order valence-electron chi connectivity index (χ2n) is 6.22. The second kappa shape index (κ2) is 6.23. The Morgan fingerprint density at radius 3 is 2.42 bits per heavy atom. The van der Waals surface area contributed by atoms with E-state index < -0.39 is 0 Å². The van der Waals surface area contributed by atoms with Crippen molar-refractivity contribution in [1.82, 2.24) is 0 Å². The summed E-state index contributed by atoms with van der Waals surface area (Å²) in [6, 6.07) is 6.57. The SMILES string of the molecule is CCC(Cc1cc(C(C)(C)C)ccc1C)C(=O)OC. The third-order valence-electron chi connectivity index (χ3n) is 3.71. The minimum Gasteiger partial charge on any atom is -0.469 e. The van der Waals surface area contributed by atoms with Crippen molar-refractivity contribution in [3.63, 3.8) is 0 Å². The van der Waals surface area contributed by atoms with Crippen LogP contribution in [0.25, 0.3) is 0 Å². The van der Waals surface area contributed by atoms with Crippen LogP contribution < -0.4 is 0 Å². The Bertz CT molecular complexity index is 441. The predicted molar refractivity (Wildman–Crippen MR) is 79.4 cm³/mol. The van der Waals surface area contributed by atoms with E-state index >= 15 is 0 Å². The smallest absolute Gasteiger partial charge is 0.308 e. The van der Waals surface area contributed by atoms with Gasteiger partial charge in [-0.1, -0.05) is 45.9 Å². The number of benzene rings is 1. The zero-order chi connectivity index (χ0) is 14.6. The van der Waals surface area contributed by atoms with Crippen LogP contribution in [0.2, 0.25) is 0 Å². The Morgan fingerprint density at radius 1 is 1.32 bits per heavy atom. The predicted octanol–water partition coefficient (Wildman–Crippen LogP) is 4.03. The molecule has 1 unspecified atom stereocenters. The summed E-state index contributed by atoms with van der Waals surface area (Å²) >= 11 is 0. The van der Waals surface area contributed by atoms with Gasteiger partial charge in [0.25, 0.3) is 0 Å². The van der Waals surface area contributed by atoms with Crippen LogP contribution in [0.3, 0.4) is 0 Å². The molecule has 1 aromatic rings. The Balaban J connectivity index is 3.03. The first-order valence-electron chi connectivity index (χ1n) is 6.97. The molecule has 2 heteroatoms. The van der Waals surface area contributed by atoms with Crippen LogP contribution in [0.4, 0.5) is 0 Å². The molecule has 1 aromatic carbocycles. The molecule has 0 aliphatic heterocycles. The number of methoxy groups -OCH3 is 1. The van der Waals surface area contributed by atoms with Crippen molar-refractivity contribution in [2.24, 2.45) is 5.92 Å². The van der Waals surface area contributed by atoms with Crippen LogP contribution in [0.1, 0.15) is 50.8 Å². The number of carbonyl (C=O) groups is 1. The van der Waals surface area contributed by atoms with E-state index in [2.05, 4.69) is 45.9 Å². The van der Waals surface area contributed by atoms with E-state index in [-0.39, 0.29) is 17.3 Å². The third kappa shape index (κ3) is 4.09. The lowest BCUT2D eigenvalue weighted by Crippen LogP contribution is -2.19. The van der Waals surface area contributed by atoms with Gasteiger partial charge in [-0.05, 0) is 41.9 Å². The number of hydrogen-bond acceptors (Lipinski definition) is 2. The topological polar surface area (TPSA) is 26.3 Å². The van der Waals surface area contributed by atoms with Gasteiger partial charge in [-0.15, -0.1) is 0 Å². The summed E-state index contributed by atoms with van der Waals surface area (Å²) in [4.78, 5) is 11.7. The van der Waals surface area contributed by atoms with E-state index in [1.165, 1.54) is 23.8 Å². The van der Waals surface area contributed by atoms with E-state index in [1.807, 2.05) is 6.92 Å². The molecule has 2 nitrogen and oxygen atoms in total. The molecule has 0 spiro atoms. The summed E-state index contributed by atoms with van der Waals surface area (Å²) in [5.41, 5.74) is 3.95. The second-order valence-corrected chi connectivity index (χ2v) is 6.22. The van der Waals surface area contributed by atoms with Crippen molar-refractivity contribution < 1.29 is 9.53 Å². The lowest BCUT2D eigenvalue weighted by molar-refractivity contribution is -0.145. The van der Waals surface area contributed by atoms with E-state index in [0.717, 1.165) is 12.8 Å². The number of esters is 1. The van der Waals surface area contributed by atoms with Gasteiger partial charge in [-0.3, -0.25) is 4.79 Å². The fraction of sp³-hybridized carbons (Fsp3) is 0.588. The summed E-state index contributed by atoms with van der Waals surface area (Å²) < 4.78 is 4.87. The molecular weight excluding hydrogens is 236 g/mol. The zero-order valence-corrected chi connectivity index (χ0v) is 13.0. The van der Waals surface area contributed by atoms with Crippen LogP contribution in [0.5, 0.6) is 0 Å². The first kappa shape index (κ1) is 15.7. The molecule has 0 fully saturated rings. The Morgan fingerprint density at radius 2 is 1.95 bits per heavy atom. The highest BCUT2D eigenvalue weighted by Gasteiger charge is 2.20. The van der Waals surface area contributed by atoms with Crippen LogP contribution in [-0.2, 0) is 21.4 Å². The first-order valence-corrected chi connectivity index (χ1v) is 6.97. The largest absolute Gasteiger partial charge is 0.469 e. The monoisotopic (exact) mass is 262 g/mol. The van der Waals surface area contributed by atoms with Crippen molar-refractivity contribution in [3.8, 4) is 0 Å². The van der Waals surface area contributed by atoms with Crippen molar-refractivity contribution in [2.45, 2.75) is 52.9 Å². The maximum atomic E-state index is 11.7. The lowest BCUT2D eigenvalue weighted by Gasteiger charge is -2.22. The summed E-state index contributed by atoms with van der Waals surface area (Å²) in [6.07, 6.45) is 1.57. The van der Waals surface area contributed by atoms with Gasteiger partial charge < -0.3 is 4.74 Å². The minimum atomic E-state index is -0.108. The van der Waals surface area contributed by atoms with Gasteiger partial charge in [0.1, 0.15) is 0 Å². The maximum absolute atomic E-state index is 11.7. The molecule has 0 heterocycles. The normalized spacial score (nSPS) is 13.2. The highest BCUT2D eigenvalue weighted by molar-refractivity contribution is 5.72. The van der Waals surface area contributed by atoms with Crippen molar-refractivity contribution in [2.75, 3.05) is 7.11 Å². The molecule has 0 N–H and O–H groups in total.